The maximum Gasteiger partial charge on any atom is 0.317 e. The van der Waals surface area contributed by atoms with E-state index < -0.39 is 29.1 Å². The highest BCUT2D eigenvalue weighted by atomic mass is 19.1. The number of halogens is 2. The van der Waals surface area contributed by atoms with Crippen LogP contribution in [0.25, 0.3) is 0 Å². The number of hydrogen-bond donors (Lipinski definition) is 2. The van der Waals surface area contributed by atoms with Crippen LogP contribution in [0.3, 0.4) is 0 Å². The zero-order valence-corrected chi connectivity index (χ0v) is 13.4. The van der Waals surface area contributed by atoms with Crippen LogP contribution in [0.4, 0.5) is 13.6 Å². The molecule has 1 aromatic rings. The lowest BCUT2D eigenvalue weighted by Gasteiger charge is -2.29. The molecule has 1 heterocycles. The molecule has 1 saturated heterocycles. The quantitative estimate of drug-likeness (QED) is 0.871. The third-order valence-corrected chi connectivity index (χ3v) is 5.06. The number of nitrogens with one attached hydrogen (secondary N) is 1. The summed E-state index contributed by atoms with van der Waals surface area (Å²) in [5.41, 5.74) is -0.0166. The highest BCUT2D eigenvalue weighted by Gasteiger charge is 2.42. The van der Waals surface area contributed by atoms with E-state index in [2.05, 4.69) is 5.32 Å². The summed E-state index contributed by atoms with van der Waals surface area (Å²) in [6, 6.07) is 1.29. The van der Waals surface area contributed by atoms with Crippen LogP contribution in [-0.2, 0) is 11.2 Å². The highest BCUT2D eigenvalue weighted by Crippen LogP contribution is 2.34. The Balaban J connectivity index is 1.74. The number of hydrogen-bond acceptors (Lipinski definition) is 2. The van der Waals surface area contributed by atoms with Gasteiger partial charge in [0, 0.05) is 19.2 Å². The first-order valence-electron chi connectivity index (χ1n) is 8.07. The predicted molar refractivity (Wildman–Crippen MR) is 82.5 cm³/mol. The van der Waals surface area contributed by atoms with Gasteiger partial charge in [0.1, 0.15) is 11.6 Å². The number of benzene rings is 1. The molecule has 2 amide bonds. The first-order valence-corrected chi connectivity index (χ1v) is 8.07. The van der Waals surface area contributed by atoms with Gasteiger partial charge in [-0.25, -0.2) is 13.6 Å². The average molecular weight is 338 g/mol. The largest absolute Gasteiger partial charge is 0.481 e. The fourth-order valence-corrected chi connectivity index (χ4v) is 3.54. The van der Waals surface area contributed by atoms with Crippen LogP contribution in [0.1, 0.15) is 43.4 Å². The smallest absolute Gasteiger partial charge is 0.317 e. The number of likely N-dealkylation sites (tertiary alicyclic amines) is 1. The maximum atomic E-state index is 13.9. The molecular weight excluding hydrogens is 318 g/mol. The second kappa shape index (κ2) is 6.03. The Labute approximate surface area is 138 Å². The Bertz CT molecular complexity index is 695. The number of carbonyl (C=O) groups is 2. The van der Waals surface area contributed by atoms with Crippen molar-refractivity contribution in [3.8, 4) is 0 Å². The Kier molecular flexibility index (Phi) is 4.19. The molecule has 0 spiro atoms. The van der Waals surface area contributed by atoms with Gasteiger partial charge in [0.05, 0.1) is 11.5 Å². The van der Waals surface area contributed by atoms with Crippen molar-refractivity contribution < 1.29 is 23.5 Å². The van der Waals surface area contributed by atoms with Gasteiger partial charge in [-0.3, -0.25) is 4.79 Å². The van der Waals surface area contributed by atoms with Crippen LogP contribution in [0.5, 0.6) is 0 Å². The van der Waals surface area contributed by atoms with Crippen LogP contribution in [0, 0.1) is 17.0 Å². The molecule has 1 aliphatic carbocycles. The van der Waals surface area contributed by atoms with Crippen molar-refractivity contribution in [1.29, 1.82) is 0 Å². The second-order valence-corrected chi connectivity index (χ2v) is 6.89. The van der Waals surface area contributed by atoms with E-state index in [4.69, 9.17) is 0 Å². The molecule has 24 heavy (non-hydrogen) atoms. The molecule has 0 radical (unpaired) electrons. The standard InChI is InChI=1S/C17H20F2N2O3/c1-17(15(22)23)5-6-21(9-17)16(24)20-14-4-2-3-11-12(14)7-10(18)8-13(11)19/h7-8,14H,2-6,9H2,1H3,(H,20,24)(H,22,23)/t14-,17?/m0/s1. The minimum atomic E-state index is -0.944. The normalized spacial score (nSPS) is 26.1. The van der Waals surface area contributed by atoms with Gasteiger partial charge in [-0.2, -0.15) is 0 Å². The van der Waals surface area contributed by atoms with Gasteiger partial charge in [0.15, 0.2) is 0 Å². The van der Waals surface area contributed by atoms with Crippen LogP contribution in [-0.4, -0.2) is 35.1 Å². The van der Waals surface area contributed by atoms with Crippen molar-refractivity contribution >= 4 is 12.0 Å². The molecule has 0 bridgehead atoms. The van der Waals surface area contributed by atoms with Crippen molar-refractivity contribution in [1.82, 2.24) is 10.2 Å². The molecule has 0 saturated carbocycles. The zero-order chi connectivity index (χ0) is 17.5. The molecule has 130 valence electrons. The first-order chi connectivity index (χ1) is 11.3. The Morgan fingerprint density at radius 3 is 2.79 bits per heavy atom. The second-order valence-electron chi connectivity index (χ2n) is 6.89. The van der Waals surface area contributed by atoms with Gasteiger partial charge in [-0.1, -0.05) is 0 Å². The molecule has 7 heteroatoms. The van der Waals surface area contributed by atoms with E-state index in [1.165, 1.54) is 11.0 Å². The molecule has 2 aliphatic rings. The van der Waals surface area contributed by atoms with Crippen LogP contribution >= 0.6 is 0 Å². The van der Waals surface area contributed by atoms with E-state index in [0.717, 1.165) is 6.07 Å². The van der Waals surface area contributed by atoms with Crippen molar-refractivity contribution in [2.75, 3.05) is 13.1 Å². The molecule has 2 atom stereocenters. The van der Waals surface area contributed by atoms with E-state index in [9.17, 15) is 23.5 Å². The topological polar surface area (TPSA) is 69.6 Å². The van der Waals surface area contributed by atoms with Crippen molar-refractivity contribution in [3.63, 3.8) is 0 Å². The van der Waals surface area contributed by atoms with Gasteiger partial charge >= 0.3 is 12.0 Å². The lowest BCUT2D eigenvalue weighted by atomic mass is 9.87. The number of rotatable bonds is 2. The fourth-order valence-electron chi connectivity index (χ4n) is 3.54. The highest BCUT2D eigenvalue weighted by molar-refractivity contribution is 5.79. The molecule has 1 aromatic carbocycles. The van der Waals surface area contributed by atoms with Crippen molar-refractivity contribution in [3.05, 3.63) is 34.9 Å². The summed E-state index contributed by atoms with van der Waals surface area (Å²) in [5, 5.41) is 12.1. The summed E-state index contributed by atoms with van der Waals surface area (Å²) in [5.74, 6) is -2.17. The summed E-state index contributed by atoms with van der Waals surface area (Å²) >= 11 is 0. The predicted octanol–water partition coefficient (Wildman–Crippen LogP) is 2.85. The SMILES string of the molecule is CC1(C(=O)O)CCN(C(=O)N[C@H]2CCCc3c(F)cc(F)cc32)C1. The Morgan fingerprint density at radius 1 is 1.38 bits per heavy atom. The van der Waals surface area contributed by atoms with E-state index in [-0.39, 0.29) is 12.6 Å². The number of carboxylic acids is 1. The van der Waals surface area contributed by atoms with Crippen LogP contribution < -0.4 is 5.32 Å². The minimum absolute atomic E-state index is 0.130. The van der Waals surface area contributed by atoms with Gasteiger partial charge in [-0.15, -0.1) is 0 Å². The van der Waals surface area contributed by atoms with Gasteiger partial charge in [0.2, 0.25) is 0 Å². The number of fused-ring (bicyclic) bond motifs is 1. The molecule has 1 fully saturated rings. The summed E-state index contributed by atoms with van der Waals surface area (Å²) in [6.45, 7) is 2.10. The number of aliphatic carboxylic acids is 1. The molecule has 1 unspecified atom stereocenters. The minimum Gasteiger partial charge on any atom is -0.481 e. The van der Waals surface area contributed by atoms with Crippen molar-refractivity contribution in [2.24, 2.45) is 5.41 Å². The maximum absolute atomic E-state index is 13.9. The number of carboxylic acid groups (broad SMARTS) is 1. The number of carbonyl (C=O) groups excluding carboxylic acids is 1. The summed E-state index contributed by atoms with van der Waals surface area (Å²) in [4.78, 5) is 25.2. The number of amides is 2. The van der Waals surface area contributed by atoms with E-state index in [0.29, 0.717) is 43.4 Å². The third kappa shape index (κ3) is 2.95. The third-order valence-electron chi connectivity index (χ3n) is 5.06. The van der Waals surface area contributed by atoms with Gasteiger partial charge < -0.3 is 15.3 Å². The first kappa shape index (κ1) is 16.7. The average Bonchev–Trinajstić information content (AvgIpc) is 2.92. The molecule has 0 aromatic heterocycles. The monoisotopic (exact) mass is 338 g/mol. The Morgan fingerprint density at radius 2 is 2.12 bits per heavy atom. The summed E-state index contributed by atoms with van der Waals surface area (Å²) in [6.07, 6.45) is 2.22. The van der Waals surface area contributed by atoms with E-state index in [1.807, 2.05) is 0 Å². The van der Waals surface area contributed by atoms with E-state index >= 15 is 0 Å². The summed E-state index contributed by atoms with van der Waals surface area (Å²) < 4.78 is 27.4. The lowest BCUT2D eigenvalue weighted by molar-refractivity contribution is -0.147. The molecular formula is C17H20F2N2O3. The van der Waals surface area contributed by atoms with Gasteiger partial charge in [-0.05, 0) is 49.8 Å². The summed E-state index contributed by atoms with van der Waals surface area (Å²) in [7, 11) is 0. The van der Waals surface area contributed by atoms with Crippen LogP contribution in [0.15, 0.2) is 12.1 Å². The molecule has 5 nitrogen and oxygen atoms in total. The zero-order valence-electron chi connectivity index (χ0n) is 13.4. The van der Waals surface area contributed by atoms with E-state index in [1.54, 1.807) is 6.92 Å². The van der Waals surface area contributed by atoms with Crippen LogP contribution in [0.2, 0.25) is 0 Å². The fraction of sp³-hybridized carbons (Fsp3) is 0.529. The molecule has 3 rings (SSSR count). The molecule has 1 aliphatic heterocycles. The van der Waals surface area contributed by atoms with Gasteiger partial charge in [0.25, 0.3) is 0 Å². The Hall–Kier alpha value is -2.18. The lowest BCUT2D eigenvalue weighted by Crippen LogP contribution is -2.43. The molecule has 2 N–H and O–H groups in total. The number of urea groups is 1. The van der Waals surface area contributed by atoms with Crippen molar-refractivity contribution in [2.45, 2.75) is 38.6 Å². The number of nitrogens with zero attached hydrogens (tertiary/aromatic N) is 1.